The summed E-state index contributed by atoms with van der Waals surface area (Å²) in [5.74, 6) is 0.982. The highest BCUT2D eigenvalue weighted by Gasteiger charge is 2.28. The number of carbonyl (C=O) groups excluding carboxylic acids is 1. The molecule has 176 valence electrons. The number of oxime groups is 1. The van der Waals surface area contributed by atoms with E-state index in [4.69, 9.17) is 14.3 Å². The molecule has 4 rings (SSSR count). The van der Waals surface area contributed by atoms with Gasteiger partial charge in [-0.05, 0) is 48.0 Å². The quantitative estimate of drug-likeness (QED) is 0.506. The van der Waals surface area contributed by atoms with Crippen molar-refractivity contribution < 1.29 is 23.5 Å². The number of amides is 2. The molecule has 2 amide bonds. The molecular formula is C26H26FN3O4. The van der Waals surface area contributed by atoms with Gasteiger partial charge < -0.3 is 24.5 Å². The molecule has 1 aliphatic heterocycles. The SMILES string of the molecule is COc1cccc(CN(CC2CC(c3ccccc3OC)=NO2)C(=O)Nc2cccc(F)c2)c1. The normalized spacial score (nSPS) is 14.7. The van der Waals surface area contributed by atoms with Gasteiger partial charge in [0.05, 0.1) is 26.5 Å². The first-order chi connectivity index (χ1) is 16.6. The Labute approximate surface area is 197 Å². The van der Waals surface area contributed by atoms with Crippen molar-refractivity contribution in [1.29, 1.82) is 0 Å². The molecule has 0 spiro atoms. The van der Waals surface area contributed by atoms with Crippen LogP contribution in [0.5, 0.6) is 11.5 Å². The third-order valence-corrected chi connectivity index (χ3v) is 5.45. The van der Waals surface area contributed by atoms with Crippen molar-refractivity contribution in [3.8, 4) is 11.5 Å². The minimum Gasteiger partial charge on any atom is -0.497 e. The van der Waals surface area contributed by atoms with Gasteiger partial charge >= 0.3 is 6.03 Å². The van der Waals surface area contributed by atoms with Gasteiger partial charge in [-0.15, -0.1) is 0 Å². The Balaban J connectivity index is 1.50. The molecule has 1 unspecified atom stereocenters. The number of hydrogen-bond donors (Lipinski definition) is 1. The highest BCUT2D eigenvalue weighted by Crippen LogP contribution is 2.25. The van der Waals surface area contributed by atoms with E-state index in [-0.39, 0.29) is 18.7 Å². The molecular weight excluding hydrogens is 437 g/mol. The average Bonchev–Trinajstić information content (AvgIpc) is 3.32. The zero-order valence-electron chi connectivity index (χ0n) is 19.0. The number of benzene rings is 3. The van der Waals surface area contributed by atoms with Crippen molar-refractivity contribution in [2.45, 2.75) is 19.1 Å². The summed E-state index contributed by atoms with van der Waals surface area (Å²) in [5.41, 5.74) is 2.88. The first-order valence-corrected chi connectivity index (χ1v) is 10.9. The van der Waals surface area contributed by atoms with Crippen molar-refractivity contribution in [3.63, 3.8) is 0 Å². The van der Waals surface area contributed by atoms with E-state index in [9.17, 15) is 9.18 Å². The molecule has 0 radical (unpaired) electrons. The van der Waals surface area contributed by atoms with E-state index in [2.05, 4.69) is 10.5 Å². The van der Waals surface area contributed by atoms with E-state index in [1.807, 2.05) is 48.5 Å². The fourth-order valence-corrected chi connectivity index (χ4v) is 3.79. The fraction of sp³-hybridized carbons (Fsp3) is 0.231. The summed E-state index contributed by atoms with van der Waals surface area (Å²) < 4.78 is 24.4. The number of methoxy groups -OCH3 is 2. The molecule has 1 heterocycles. The number of carbonyl (C=O) groups is 1. The Morgan fingerprint density at radius 3 is 2.71 bits per heavy atom. The van der Waals surface area contributed by atoms with Crippen LogP contribution < -0.4 is 14.8 Å². The van der Waals surface area contributed by atoms with Crippen LogP contribution in [-0.4, -0.2) is 43.5 Å². The molecule has 1 N–H and O–H groups in total. The Kier molecular flexibility index (Phi) is 7.27. The van der Waals surface area contributed by atoms with E-state index >= 15 is 0 Å². The minimum atomic E-state index is -0.425. The van der Waals surface area contributed by atoms with Crippen LogP contribution in [-0.2, 0) is 11.4 Å². The standard InChI is InChI=1S/C26H26FN3O4/c1-32-21-10-5-7-18(13-21)16-30(26(31)28-20-9-6-8-19(27)14-20)17-22-15-24(29-34-22)23-11-3-4-12-25(23)33-2/h3-14,22H,15-17H2,1-2H3,(H,28,31). The van der Waals surface area contributed by atoms with E-state index < -0.39 is 5.82 Å². The molecule has 34 heavy (non-hydrogen) atoms. The molecule has 1 atom stereocenters. The maximum Gasteiger partial charge on any atom is 0.322 e. The van der Waals surface area contributed by atoms with E-state index in [1.165, 1.54) is 12.1 Å². The summed E-state index contributed by atoms with van der Waals surface area (Å²) in [5, 5.41) is 7.02. The largest absolute Gasteiger partial charge is 0.497 e. The second kappa shape index (κ2) is 10.7. The molecule has 0 aromatic heterocycles. The summed E-state index contributed by atoms with van der Waals surface area (Å²) in [6.07, 6.45) is 0.172. The molecule has 0 saturated carbocycles. The fourth-order valence-electron chi connectivity index (χ4n) is 3.79. The van der Waals surface area contributed by atoms with Crippen LogP contribution in [0.4, 0.5) is 14.9 Å². The first kappa shape index (κ1) is 23.1. The summed E-state index contributed by atoms with van der Waals surface area (Å²) >= 11 is 0. The van der Waals surface area contributed by atoms with Crippen molar-refractivity contribution in [2.24, 2.45) is 5.16 Å². The van der Waals surface area contributed by atoms with Crippen LogP contribution in [0.3, 0.4) is 0 Å². The number of nitrogens with one attached hydrogen (secondary N) is 1. The lowest BCUT2D eigenvalue weighted by Gasteiger charge is -2.25. The predicted octanol–water partition coefficient (Wildman–Crippen LogP) is 5.07. The number of rotatable bonds is 8. The number of ether oxygens (including phenoxy) is 2. The monoisotopic (exact) mass is 463 g/mol. The maximum absolute atomic E-state index is 13.6. The summed E-state index contributed by atoms with van der Waals surface area (Å²) in [4.78, 5) is 20.5. The highest BCUT2D eigenvalue weighted by molar-refractivity contribution is 6.03. The number of hydrogen-bond acceptors (Lipinski definition) is 5. The highest BCUT2D eigenvalue weighted by atomic mass is 19.1. The molecule has 0 fully saturated rings. The van der Waals surface area contributed by atoms with Gasteiger partial charge in [0.1, 0.15) is 17.3 Å². The van der Waals surface area contributed by atoms with Crippen LogP contribution in [0.1, 0.15) is 17.5 Å². The van der Waals surface area contributed by atoms with E-state index in [1.54, 1.807) is 31.3 Å². The van der Waals surface area contributed by atoms with Crippen LogP contribution >= 0.6 is 0 Å². The molecule has 0 aliphatic carbocycles. The van der Waals surface area contributed by atoms with Crippen LogP contribution in [0.15, 0.2) is 78.0 Å². The van der Waals surface area contributed by atoms with E-state index in [0.717, 1.165) is 16.8 Å². The second-order valence-electron chi connectivity index (χ2n) is 7.84. The Morgan fingerprint density at radius 1 is 1.09 bits per heavy atom. The van der Waals surface area contributed by atoms with Crippen LogP contribution in [0, 0.1) is 5.82 Å². The first-order valence-electron chi connectivity index (χ1n) is 10.9. The van der Waals surface area contributed by atoms with Crippen molar-refractivity contribution in [1.82, 2.24) is 4.90 Å². The van der Waals surface area contributed by atoms with Gasteiger partial charge in [-0.1, -0.05) is 35.5 Å². The lowest BCUT2D eigenvalue weighted by molar-refractivity contribution is 0.0608. The summed E-state index contributed by atoms with van der Waals surface area (Å²) in [6, 6.07) is 20.5. The Morgan fingerprint density at radius 2 is 1.91 bits per heavy atom. The smallest absolute Gasteiger partial charge is 0.322 e. The second-order valence-corrected chi connectivity index (χ2v) is 7.84. The number of halogens is 1. The lowest BCUT2D eigenvalue weighted by Crippen LogP contribution is -2.40. The van der Waals surface area contributed by atoms with Gasteiger partial charge in [-0.2, -0.15) is 0 Å². The lowest BCUT2D eigenvalue weighted by atomic mass is 10.0. The van der Waals surface area contributed by atoms with Crippen molar-refractivity contribution in [2.75, 3.05) is 26.1 Å². The Bertz CT molecular complexity index is 1180. The molecule has 8 heteroatoms. The molecule has 0 bridgehead atoms. The van der Waals surface area contributed by atoms with Crippen molar-refractivity contribution >= 4 is 17.4 Å². The van der Waals surface area contributed by atoms with Gasteiger partial charge in [-0.25, -0.2) is 9.18 Å². The topological polar surface area (TPSA) is 72.4 Å². The van der Waals surface area contributed by atoms with Crippen LogP contribution in [0.25, 0.3) is 0 Å². The maximum atomic E-state index is 13.6. The van der Waals surface area contributed by atoms with E-state index in [0.29, 0.717) is 30.2 Å². The zero-order valence-corrected chi connectivity index (χ0v) is 19.0. The molecule has 1 aliphatic rings. The van der Waals surface area contributed by atoms with Gasteiger partial charge in [0.25, 0.3) is 0 Å². The number of nitrogens with zero attached hydrogens (tertiary/aromatic N) is 2. The third-order valence-electron chi connectivity index (χ3n) is 5.45. The van der Waals surface area contributed by atoms with Gasteiger partial charge in [0.15, 0.2) is 6.10 Å². The third kappa shape index (κ3) is 5.64. The average molecular weight is 464 g/mol. The van der Waals surface area contributed by atoms with Gasteiger partial charge in [0.2, 0.25) is 0 Å². The Hall–Kier alpha value is -4.07. The molecule has 3 aromatic carbocycles. The molecule has 3 aromatic rings. The number of urea groups is 1. The van der Waals surface area contributed by atoms with Gasteiger partial charge in [-0.3, -0.25) is 0 Å². The minimum absolute atomic E-state index is 0.278. The van der Waals surface area contributed by atoms with Crippen LogP contribution in [0.2, 0.25) is 0 Å². The molecule has 7 nitrogen and oxygen atoms in total. The summed E-state index contributed by atoms with van der Waals surface area (Å²) in [7, 11) is 3.20. The predicted molar refractivity (Wildman–Crippen MR) is 128 cm³/mol. The molecule has 0 saturated heterocycles. The van der Waals surface area contributed by atoms with Gasteiger partial charge in [0, 0.05) is 24.2 Å². The van der Waals surface area contributed by atoms with Crippen molar-refractivity contribution in [3.05, 3.63) is 89.7 Å². The number of anilines is 1. The zero-order chi connectivity index (χ0) is 23.9. The number of para-hydroxylation sites is 1. The summed E-state index contributed by atoms with van der Waals surface area (Å²) in [6.45, 7) is 0.586.